The number of hydrogen-bond donors (Lipinski definition) is 1. The summed E-state index contributed by atoms with van der Waals surface area (Å²) in [7, 11) is 0. The molecule has 0 unspecified atom stereocenters. The van der Waals surface area contributed by atoms with E-state index >= 15 is 0 Å². The van der Waals surface area contributed by atoms with E-state index in [2.05, 4.69) is 57.3 Å². The van der Waals surface area contributed by atoms with E-state index in [4.69, 9.17) is 4.98 Å². The maximum absolute atomic E-state index is 12.3. The summed E-state index contributed by atoms with van der Waals surface area (Å²) in [4.78, 5) is 18.1. The molecular formula is C23H26N2OS. The summed E-state index contributed by atoms with van der Waals surface area (Å²) in [5, 5.41) is 3.82. The van der Waals surface area contributed by atoms with Gasteiger partial charge in [-0.2, -0.15) is 0 Å². The Balaban J connectivity index is 1.66. The van der Waals surface area contributed by atoms with E-state index in [1.54, 1.807) is 11.3 Å². The van der Waals surface area contributed by atoms with Crippen molar-refractivity contribution in [2.24, 2.45) is 0 Å². The molecule has 1 aromatic heterocycles. The highest BCUT2D eigenvalue weighted by molar-refractivity contribution is 7.12. The summed E-state index contributed by atoms with van der Waals surface area (Å²) in [6.07, 6.45) is 0.318. The van der Waals surface area contributed by atoms with Gasteiger partial charge in [0, 0.05) is 17.0 Å². The summed E-state index contributed by atoms with van der Waals surface area (Å²) in [6.45, 7) is 9.24. The maximum Gasteiger partial charge on any atom is 0.227 e. The van der Waals surface area contributed by atoms with Crippen molar-refractivity contribution in [3.05, 3.63) is 75.6 Å². The first-order chi connectivity index (χ1) is 12.8. The minimum atomic E-state index is 0.00207. The topological polar surface area (TPSA) is 42.0 Å². The average molecular weight is 379 g/mol. The number of aryl methyl sites for hydroxylation is 1. The molecule has 2 aromatic carbocycles. The molecule has 0 saturated heterocycles. The summed E-state index contributed by atoms with van der Waals surface area (Å²) in [5.74, 6) is 0.00207. The van der Waals surface area contributed by atoms with Crippen LogP contribution in [0.4, 0.5) is 0 Å². The highest BCUT2D eigenvalue weighted by Crippen LogP contribution is 2.30. The Bertz CT molecular complexity index is 906. The molecule has 0 bridgehead atoms. The summed E-state index contributed by atoms with van der Waals surface area (Å²) < 4.78 is 0. The summed E-state index contributed by atoms with van der Waals surface area (Å²) >= 11 is 1.60. The molecule has 0 spiro atoms. The van der Waals surface area contributed by atoms with Crippen molar-refractivity contribution in [2.45, 2.75) is 46.1 Å². The minimum Gasteiger partial charge on any atom is -0.352 e. The van der Waals surface area contributed by atoms with Crippen LogP contribution in [-0.2, 0) is 23.2 Å². The van der Waals surface area contributed by atoms with Crippen LogP contribution in [0.25, 0.3) is 11.3 Å². The highest BCUT2D eigenvalue weighted by atomic mass is 32.1. The Morgan fingerprint density at radius 2 is 1.70 bits per heavy atom. The van der Waals surface area contributed by atoms with Crippen LogP contribution in [0.1, 0.15) is 41.8 Å². The summed E-state index contributed by atoms with van der Waals surface area (Å²) in [6, 6.07) is 18.5. The number of nitrogens with zero attached hydrogens (tertiary/aromatic N) is 1. The molecule has 0 aliphatic heterocycles. The Morgan fingerprint density at radius 3 is 2.33 bits per heavy atom. The third-order valence-corrected chi connectivity index (χ3v) is 5.48. The van der Waals surface area contributed by atoms with Crippen molar-refractivity contribution in [1.29, 1.82) is 0 Å². The van der Waals surface area contributed by atoms with Crippen LogP contribution in [0.5, 0.6) is 0 Å². The minimum absolute atomic E-state index is 0.00207. The monoisotopic (exact) mass is 378 g/mol. The normalized spacial score (nSPS) is 11.4. The number of nitrogens with one attached hydrogen (secondary N) is 1. The molecule has 27 heavy (non-hydrogen) atoms. The lowest BCUT2D eigenvalue weighted by atomic mass is 9.86. The largest absolute Gasteiger partial charge is 0.352 e. The molecule has 1 heterocycles. The van der Waals surface area contributed by atoms with E-state index in [0.29, 0.717) is 13.0 Å². The van der Waals surface area contributed by atoms with E-state index in [-0.39, 0.29) is 11.3 Å². The Hall–Kier alpha value is -2.46. The summed E-state index contributed by atoms with van der Waals surface area (Å²) in [5.41, 5.74) is 4.62. The standard InChI is InChI=1S/C23H26N2OS/c1-16-22(18-10-12-19(13-11-18)23(2,3)4)25-21(27-16)14-20(26)24-15-17-8-6-5-7-9-17/h5-13H,14-15H2,1-4H3,(H,24,26). The Morgan fingerprint density at radius 1 is 1.04 bits per heavy atom. The molecule has 0 fully saturated rings. The highest BCUT2D eigenvalue weighted by Gasteiger charge is 2.16. The molecule has 0 aliphatic carbocycles. The zero-order chi connectivity index (χ0) is 19.4. The molecule has 0 saturated carbocycles. The number of hydrogen-bond acceptors (Lipinski definition) is 3. The van der Waals surface area contributed by atoms with Crippen molar-refractivity contribution in [1.82, 2.24) is 10.3 Å². The van der Waals surface area contributed by atoms with E-state index in [1.165, 1.54) is 5.56 Å². The predicted molar refractivity (Wildman–Crippen MR) is 113 cm³/mol. The number of benzene rings is 2. The van der Waals surface area contributed by atoms with Crippen molar-refractivity contribution >= 4 is 17.2 Å². The predicted octanol–water partition coefficient (Wildman–Crippen LogP) is 5.27. The number of carbonyl (C=O) groups is 1. The fraction of sp³-hybridized carbons (Fsp3) is 0.304. The molecular weight excluding hydrogens is 352 g/mol. The maximum atomic E-state index is 12.3. The average Bonchev–Trinajstić information content (AvgIpc) is 3.00. The van der Waals surface area contributed by atoms with Gasteiger partial charge in [0.25, 0.3) is 0 Å². The van der Waals surface area contributed by atoms with Gasteiger partial charge < -0.3 is 5.32 Å². The van der Waals surface area contributed by atoms with Crippen LogP contribution in [0.3, 0.4) is 0 Å². The number of amides is 1. The van der Waals surface area contributed by atoms with Crippen LogP contribution >= 0.6 is 11.3 Å². The molecule has 3 nitrogen and oxygen atoms in total. The van der Waals surface area contributed by atoms with Crippen molar-refractivity contribution in [2.75, 3.05) is 0 Å². The van der Waals surface area contributed by atoms with Crippen LogP contribution in [0, 0.1) is 6.92 Å². The van der Waals surface area contributed by atoms with Gasteiger partial charge in [-0.05, 0) is 23.5 Å². The number of thiazole rings is 1. The van der Waals surface area contributed by atoms with Crippen LogP contribution in [0.15, 0.2) is 54.6 Å². The third-order valence-electron chi connectivity index (χ3n) is 4.51. The van der Waals surface area contributed by atoms with Crippen molar-refractivity contribution in [3.63, 3.8) is 0 Å². The van der Waals surface area contributed by atoms with Gasteiger partial charge in [0.2, 0.25) is 5.91 Å². The smallest absolute Gasteiger partial charge is 0.227 e. The zero-order valence-electron chi connectivity index (χ0n) is 16.4. The first-order valence-corrected chi connectivity index (χ1v) is 10.0. The van der Waals surface area contributed by atoms with E-state index in [9.17, 15) is 4.79 Å². The number of rotatable bonds is 5. The molecule has 0 atom stereocenters. The van der Waals surface area contributed by atoms with Gasteiger partial charge in [0.1, 0.15) is 5.01 Å². The van der Waals surface area contributed by atoms with Crippen molar-refractivity contribution < 1.29 is 4.79 Å². The van der Waals surface area contributed by atoms with E-state index in [1.807, 2.05) is 30.3 Å². The Labute approximate surface area is 165 Å². The van der Waals surface area contributed by atoms with Gasteiger partial charge in [-0.3, -0.25) is 4.79 Å². The van der Waals surface area contributed by atoms with Gasteiger partial charge in [-0.25, -0.2) is 4.98 Å². The molecule has 3 aromatic rings. The van der Waals surface area contributed by atoms with Gasteiger partial charge >= 0.3 is 0 Å². The quantitative estimate of drug-likeness (QED) is 0.657. The SMILES string of the molecule is Cc1sc(CC(=O)NCc2ccccc2)nc1-c1ccc(C(C)(C)C)cc1. The van der Waals surface area contributed by atoms with Gasteiger partial charge in [0.15, 0.2) is 0 Å². The second-order valence-electron chi connectivity index (χ2n) is 7.78. The van der Waals surface area contributed by atoms with Crippen LogP contribution in [0.2, 0.25) is 0 Å². The second kappa shape index (κ2) is 8.05. The number of carbonyl (C=O) groups excluding carboxylic acids is 1. The van der Waals surface area contributed by atoms with Gasteiger partial charge in [0.05, 0.1) is 12.1 Å². The lowest BCUT2D eigenvalue weighted by molar-refractivity contribution is -0.120. The van der Waals surface area contributed by atoms with Gasteiger partial charge in [-0.15, -0.1) is 11.3 Å². The molecule has 140 valence electrons. The lowest BCUT2D eigenvalue weighted by Gasteiger charge is -2.19. The van der Waals surface area contributed by atoms with Crippen LogP contribution in [-0.4, -0.2) is 10.9 Å². The molecule has 1 N–H and O–H groups in total. The molecule has 3 rings (SSSR count). The Kier molecular flexibility index (Phi) is 5.76. The molecule has 1 amide bonds. The number of aromatic nitrogens is 1. The second-order valence-corrected chi connectivity index (χ2v) is 9.07. The lowest BCUT2D eigenvalue weighted by Crippen LogP contribution is -2.24. The first kappa shape index (κ1) is 19.3. The van der Waals surface area contributed by atoms with Crippen LogP contribution < -0.4 is 5.32 Å². The third kappa shape index (κ3) is 5.04. The van der Waals surface area contributed by atoms with Crippen molar-refractivity contribution in [3.8, 4) is 11.3 Å². The van der Waals surface area contributed by atoms with E-state index < -0.39 is 0 Å². The fourth-order valence-corrected chi connectivity index (χ4v) is 3.87. The molecule has 4 heteroatoms. The van der Waals surface area contributed by atoms with E-state index in [0.717, 1.165) is 26.7 Å². The zero-order valence-corrected chi connectivity index (χ0v) is 17.2. The first-order valence-electron chi connectivity index (χ1n) is 9.21. The molecule has 0 radical (unpaired) electrons. The fourth-order valence-electron chi connectivity index (χ4n) is 2.92. The van der Waals surface area contributed by atoms with Gasteiger partial charge in [-0.1, -0.05) is 75.4 Å². The molecule has 0 aliphatic rings.